The van der Waals surface area contributed by atoms with Gasteiger partial charge in [0.25, 0.3) is 0 Å². The molecule has 0 radical (unpaired) electrons. The van der Waals surface area contributed by atoms with E-state index in [1.54, 1.807) is 0 Å². The quantitative estimate of drug-likeness (QED) is 0.530. The summed E-state index contributed by atoms with van der Waals surface area (Å²) >= 11 is 7.92. The van der Waals surface area contributed by atoms with Crippen molar-refractivity contribution in [3.05, 3.63) is 0 Å². The second-order valence-corrected chi connectivity index (χ2v) is 4.14. The molecule has 0 aromatic carbocycles. The first-order chi connectivity index (χ1) is 14.3. The predicted molar refractivity (Wildman–Crippen MR) is 72.5 cm³/mol. The Morgan fingerprint density at radius 3 is 1.38 bits per heavy atom. The average Bonchev–Trinajstić information content (AvgIpc) is 2.48. The predicted octanol–water partition coefficient (Wildman–Crippen LogP) is 4.71. The highest BCUT2D eigenvalue weighted by atomic mass is 32.1. The standard InChI is InChI=1S/C9H21P.CS2/c1-7(2)10(8(3)4)9(5)6;2-1-3/h7-9H,1-6H3;/i1D3,2D3,3D3,4D3,5D3,6D3,7D,8D,9D;. The van der Waals surface area contributed by atoms with Crippen LogP contribution in [-0.2, 0) is 0 Å². The van der Waals surface area contributed by atoms with Crippen LogP contribution in [-0.4, -0.2) is 21.2 Å². The van der Waals surface area contributed by atoms with Crippen LogP contribution in [0.4, 0.5) is 0 Å². The maximum absolute atomic E-state index is 8.28. The van der Waals surface area contributed by atoms with Crippen molar-refractivity contribution in [2.24, 2.45) is 0 Å². The Kier molecular flexibility index (Phi) is 1.45. The number of hydrogen-bond donors (Lipinski definition) is 0. The first-order valence-electron chi connectivity index (χ1n) is 13.1. The molecule has 78 valence electrons. The minimum Gasteiger partial charge on any atom is -0.0988 e. The van der Waals surface area contributed by atoms with E-state index in [2.05, 4.69) is 24.4 Å². The third-order valence-corrected chi connectivity index (χ3v) is 2.01. The molecule has 0 fully saturated rings. The maximum Gasteiger partial charge on any atom is 0.0346 e. The monoisotopic (exact) mass is 257 g/mol. The van der Waals surface area contributed by atoms with E-state index < -0.39 is 65.9 Å². The topological polar surface area (TPSA) is 0 Å². The molecule has 0 unspecified atom stereocenters. The van der Waals surface area contributed by atoms with Crippen LogP contribution in [0.15, 0.2) is 0 Å². The lowest BCUT2D eigenvalue weighted by Crippen LogP contribution is -2.10. The highest BCUT2D eigenvalue weighted by molar-refractivity contribution is 7.93. The molecule has 0 saturated heterocycles. The lowest BCUT2D eigenvalue weighted by molar-refractivity contribution is 0.946. The van der Waals surface area contributed by atoms with E-state index in [0.717, 1.165) is 0 Å². The van der Waals surface area contributed by atoms with Crippen molar-refractivity contribution in [1.82, 2.24) is 0 Å². The van der Waals surface area contributed by atoms with Crippen LogP contribution in [0.3, 0.4) is 0 Å². The molecule has 3 heteroatoms. The van der Waals surface area contributed by atoms with E-state index in [-0.39, 0.29) is 0 Å². The summed E-state index contributed by atoms with van der Waals surface area (Å²) in [5, 5.41) is 0. The minimum absolute atomic E-state index is 1.92. The van der Waals surface area contributed by atoms with Gasteiger partial charge in [-0.05, 0) is 41.3 Å². The molecule has 0 saturated carbocycles. The van der Waals surface area contributed by atoms with Gasteiger partial charge in [0.2, 0.25) is 0 Å². The summed E-state index contributed by atoms with van der Waals surface area (Å²) in [6, 6.07) is 0. The summed E-state index contributed by atoms with van der Waals surface area (Å²) in [6.45, 7) is -25.3. The summed E-state index contributed by atoms with van der Waals surface area (Å²) in [5.41, 5.74) is -13.2. The molecule has 0 nitrogen and oxygen atoms in total. The van der Waals surface area contributed by atoms with Gasteiger partial charge in [-0.25, -0.2) is 0 Å². The zero-order chi connectivity index (χ0) is 28.8. The lowest BCUT2D eigenvalue weighted by atomic mass is 10.5. The van der Waals surface area contributed by atoms with Gasteiger partial charge in [0.1, 0.15) is 0 Å². The Morgan fingerprint density at radius 2 is 1.23 bits per heavy atom. The van der Waals surface area contributed by atoms with Crippen molar-refractivity contribution in [2.45, 2.75) is 58.0 Å². The molecule has 0 atom stereocenters. The van der Waals surface area contributed by atoms with Gasteiger partial charge in [-0.2, -0.15) is 0 Å². The van der Waals surface area contributed by atoms with Crippen molar-refractivity contribution < 1.29 is 28.8 Å². The average molecular weight is 258 g/mol. The van der Waals surface area contributed by atoms with Gasteiger partial charge in [0.15, 0.2) is 0 Å². The molecule has 0 aromatic rings. The van der Waals surface area contributed by atoms with Gasteiger partial charge in [-0.3, -0.25) is 0 Å². The van der Waals surface area contributed by atoms with E-state index in [9.17, 15) is 0 Å². The first-order valence-corrected chi connectivity index (χ1v) is 4.74. The van der Waals surface area contributed by atoms with Crippen molar-refractivity contribution in [1.29, 1.82) is 0 Å². The molecule has 0 amide bonds. The molecule has 0 N–H and O–H groups in total. The van der Waals surface area contributed by atoms with Crippen LogP contribution >= 0.6 is 32.4 Å². The smallest absolute Gasteiger partial charge is 0.0346 e. The Morgan fingerprint density at radius 1 is 1.00 bits per heavy atom. The Balaban J connectivity index is 0. The Bertz CT molecular complexity index is 593. The summed E-state index contributed by atoms with van der Waals surface area (Å²) in [5.74, 6) is 0. The summed E-state index contributed by atoms with van der Waals surface area (Å²) < 4.78 is 163. The molecule has 0 heterocycles. The third kappa shape index (κ3) is 8.97. The highest BCUT2D eigenvalue weighted by Crippen LogP contribution is 2.49. The van der Waals surface area contributed by atoms with Gasteiger partial charge in [0.05, 0.1) is 0 Å². The Hall–Kier alpha value is 0.650. The number of rotatable bonds is 3. The fourth-order valence-corrected chi connectivity index (χ4v) is 1.01. The van der Waals surface area contributed by atoms with Crippen LogP contribution in [0.25, 0.3) is 0 Å². The molecular formula is C10H21PS2. The number of thiocarbonyl (C=S) groups is 2. The van der Waals surface area contributed by atoms with E-state index in [1.807, 2.05) is 4.31 Å². The van der Waals surface area contributed by atoms with Crippen LogP contribution in [0.5, 0.6) is 0 Å². The molecule has 0 rings (SSSR count). The fourth-order valence-electron chi connectivity index (χ4n) is 0.335. The maximum atomic E-state index is 8.28. The molecule has 0 bridgehead atoms. The lowest BCUT2D eigenvalue weighted by Gasteiger charge is -2.29. The zero-order valence-corrected chi connectivity index (χ0v) is 8.79. The van der Waals surface area contributed by atoms with Crippen LogP contribution in [0.2, 0.25) is 0 Å². The van der Waals surface area contributed by atoms with Crippen molar-refractivity contribution >= 4 is 36.7 Å². The Labute approximate surface area is 125 Å². The van der Waals surface area contributed by atoms with E-state index in [0.29, 0.717) is 0 Å². The molecular weight excluding hydrogens is 215 g/mol. The number of hydrogen-bond acceptors (Lipinski definition) is 2. The molecule has 0 aliphatic rings. The first kappa shape index (κ1) is 2.05. The molecule has 13 heavy (non-hydrogen) atoms. The van der Waals surface area contributed by atoms with Gasteiger partial charge < -0.3 is 0 Å². The SMILES string of the molecule is S=C=S.[2H]C([2H])([2H])C([2H])(P(C([2H])(C([2H])([2H])[2H])C([2H])([2H])[2H])C([2H])(C([2H])([2H])[2H])C([2H])([2H])[2H])C([2H])([2H])[2H]. The van der Waals surface area contributed by atoms with Gasteiger partial charge in [0, 0.05) is 33.1 Å². The summed E-state index contributed by atoms with van der Waals surface area (Å²) in [7, 11) is -4.90. The second kappa shape index (κ2) is 9.21. The van der Waals surface area contributed by atoms with Crippen LogP contribution in [0, 0.1) is 0 Å². The molecule has 0 aliphatic carbocycles. The summed E-state index contributed by atoms with van der Waals surface area (Å²) in [6.07, 6.45) is 0. The molecule has 0 spiro atoms. The van der Waals surface area contributed by atoms with E-state index in [1.165, 1.54) is 0 Å². The third-order valence-electron chi connectivity index (χ3n) is 0.671. The normalized spacial score (nSPS) is 42.4. The van der Waals surface area contributed by atoms with Crippen LogP contribution in [0.1, 0.15) is 69.9 Å². The van der Waals surface area contributed by atoms with Gasteiger partial charge in [-0.15, -0.1) is 0 Å². The van der Waals surface area contributed by atoms with Crippen molar-refractivity contribution in [3.8, 4) is 0 Å². The second-order valence-electron chi connectivity index (χ2n) is 1.46. The van der Waals surface area contributed by atoms with Crippen molar-refractivity contribution in [3.63, 3.8) is 0 Å². The molecule has 0 aliphatic heterocycles. The molecule has 0 aromatic heterocycles. The largest absolute Gasteiger partial charge is 0.0988 e. The van der Waals surface area contributed by atoms with E-state index >= 15 is 0 Å². The van der Waals surface area contributed by atoms with Crippen LogP contribution < -0.4 is 0 Å². The summed E-state index contributed by atoms with van der Waals surface area (Å²) in [4.78, 5) is 0. The highest BCUT2D eigenvalue weighted by Gasteiger charge is 2.19. The fraction of sp³-hybridized carbons (Fsp3) is 0.900. The van der Waals surface area contributed by atoms with Crippen molar-refractivity contribution in [2.75, 3.05) is 0 Å². The van der Waals surface area contributed by atoms with Gasteiger partial charge in [-0.1, -0.05) is 49.0 Å². The minimum atomic E-state index is -4.90. The van der Waals surface area contributed by atoms with Gasteiger partial charge >= 0.3 is 0 Å². The zero-order valence-electron chi connectivity index (χ0n) is 27.3. The van der Waals surface area contributed by atoms with E-state index in [4.69, 9.17) is 28.8 Å².